The molecule has 0 heterocycles. The molecule has 0 radical (unpaired) electrons. The van der Waals surface area contributed by atoms with Crippen LogP contribution in [0.2, 0.25) is 0 Å². The fraction of sp³-hybridized carbons (Fsp3) is 0.565. The minimum Gasteiger partial charge on any atom is -0.299 e. The van der Waals surface area contributed by atoms with Crippen molar-refractivity contribution in [2.24, 2.45) is 29.1 Å². The largest absolute Gasteiger partial charge is 0.299 e. The van der Waals surface area contributed by atoms with Crippen LogP contribution in [0.4, 0.5) is 0 Å². The van der Waals surface area contributed by atoms with Crippen LogP contribution in [0.15, 0.2) is 36.4 Å². The molecule has 0 spiro atoms. The predicted molar refractivity (Wildman–Crippen MR) is 104 cm³/mol. The molecule has 2 nitrogen and oxygen atoms in total. The number of rotatable bonds is 6. The van der Waals surface area contributed by atoms with Crippen molar-refractivity contribution in [1.29, 1.82) is 0 Å². The Hall–Kier alpha value is -1.70. The van der Waals surface area contributed by atoms with E-state index in [1.807, 2.05) is 45.0 Å². The number of carbonyl (C=O) groups excluding carboxylic acids is 2. The fourth-order valence-electron chi connectivity index (χ4n) is 4.13. The van der Waals surface area contributed by atoms with E-state index in [-0.39, 0.29) is 34.9 Å². The van der Waals surface area contributed by atoms with Gasteiger partial charge in [-0.1, -0.05) is 76.6 Å². The summed E-state index contributed by atoms with van der Waals surface area (Å²) in [5.41, 5.74) is 1.88. The summed E-state index contributed by atoms with van der Waals surface area (Å²) < 4.78 is 0. The standard InChI is InChI=1S/C23H32O2/c1-15-9-11-19(12-10-15)22(25)18(4)17(3)14-20(24)21-16(2)8-7-13-23(21,5)6/h7-12,16-18,21H,13-14H2,1-6H3. The van der Waals surface area contributed by atoms with Crippen molar-refractivity contribution in [3.8, 4) is 0 Å². The van der Waals surface area contributed by atoms with Crippen LogP contribution in [0.5, 0.6) is 0 Å². The van der Waals surface area contributed by atoms with Gasteiger partial charge in [-0.2, -0.15) is 0 Å². The smallest absolute Gasteiger partial charge is 0.165 e. The first kappa shape index (κ1) is 19.6. The average molecular weight is 341 g/mol. The van der Waals surface area contributed by atoms with Gasteiger partial charge in [0.05, 0.1) is 0 Å². The van der Waals surface area contributed by atoms with Crippen LogP contribution in [-0.2, 0) is 4.79 Å². The third-order valence-corrected chi connectivity index (χ3v) is 5.92. The van der Waals surface area contributed by atoms with E-state index in [4.69, 9.17) is 0 Å². The van der Waals surface area contributed by atoms with Crippen molar-refractivity contribution in [3.63, 3.8) is 0 Å². The van der Waals surface area contributed by atoms with Gasteiger partial charge in [0.25, 0.3) is 0 Å². The highest BCUT2D eigenvalue weighted by Gasteiger charge is 2.40. The third-order valence-electron chi connectivity index (χ3n) is 5.92. The first-order valence-corrected chi connectivity index (χ1v) is 9.43. The zero-order chi connectivity index (χ0) is 18.8. The van der Waals surface area contributed by atoms with E-state index in [1.165, 1.54) is 0 Å². The van der Waals surface area contributed by atoms with E-state index in [0.717, 1.165) is 17.5 Å². The highest BCUT2D eigenvalue weighted by atomic mass is 16.1. The first-order valence-electron chi connectivity index (χ1n) is 9.43. The highest BCUT2D eigenvalue weighted by Crippen LogP contribution is 2.42. The minimum atomic E-state index is -0.149. The molecule has 0 aromatic heterocycles. The molecule has 1 aromatic carbocycles. The molecule has 0 saturated heterocycles. The lowest BCUT2D eigenvalue weighted by molar-refractivity contribution is -0.129. The summed E-state index contributed by atoms with van der Waals surface area (Å²) in [6, 6.07) is 7.71. The third kappa shape index (κ3) is 4.48. The molecule has 1 aliphatic rings. The van der Waals surface area contributed by atoms with Crippen molar-refractivity contribution in [1.82, 2.24) is 0 Å². The van der Waals surface area contributed by atoms with Gasteiger partial charge in [0, 0.05) is 23.8 Å². The molecule has 0 amide bonds. The number of benzene rings is 1. The molecule has 0 aliphatic heterocycles. The molecule has 25 heavy (non-hydrogen) atoms. The van der Waals surface area contributed by atoms with Crippen LogP contribution in [0, 0.1) is 36.0 Å². The topological polar surface area (TPSA) is 34.1 Å². The fourth-order valence-corrected chi connectivity index (χ4v) is 4.13. The molecular formula is C23H32O2. The van der Waals surface area contributed by atoms with Gasteiger partial charge < -0.3 is 0 Å². The first-order chi connectivity index (χ1) is 11.6. The van der Waals surface area contributed by atoms with Crippen molar-refractivity contribution >= 4 is 11.6 Å². The molecule has 2 heteroatoms. The van der Waals surface area contributed by atoms with Gasteiger partial charge in [-0.05, 0) is 30.6 Å². The van der Waals surface area contributed by atoms with Crippen molar-refractivity contribution in [2.75, 3.05) is 0 Å². The van der Waals surface area contributed by atoms with E-state index in [1.54, 1.807) is 0 Å². The summed E-state index contributed by atoms with van der Waals surface area (Å²) in [4.78, 5) is 25.7. The second-order valence-corrected chi connectivity index (χ2v) is 8.62. The second kappa shape index (κ2) is 7.68. The van der Waals surface area contributed by atoms with Gasteiger partial charge in [-0.15, -0.1) is 0 Å². The van der Waals surface area contributed by atoms with Gasteiger partial charge >= 0.3 is 0 Å². The van der Waals surface area contributed by atoms with Crippen molar-refractivity contribution in [3.05, 3.63) is 47.5 Å². The summed E-state index contributed by atoms with van der Waals surface area (Å²) >= 11 is 0. The van der Waals surface area contributed by atoms with Crippen molar-refractivity contribution in [2.45, 2.75) is 54.4 Å². The van der Waals surface area contributed by atoms with Gasteiger partial charge in [-0.3, -0.25) is 9.59 Å². The van der Waals surface area contributed by atoms with Crippen LogP contribution >= 0.6 is 0 Å². The predicted octanol–water partition coefficient (Wildman–Crippen LogP) is 5.65. The molecule has 1 aliphatic carbocycles. The molecule has 0 bridgehead atoms. The number of allylic oxidation sites excluding steroid dienone is 2. The number of hydrogen-bond acceptors (Lipinski definition) is 2. The summed E-state index contributed by atoms with van der Waals surface area (Å²) in [6.07, 6.45) is 5.78. The Morgan fingerprint density at radius 1 is 1.16 bits per heavy atom. The SMILES string of the molecule is Cc1ccc(C(=O)C(C)C(C)CC(=O)C2C(C)C=CCC2(C)C)cc1. The Morgan fingerprint density at radius 3 is 2.32 bits per heavy atom. The van der Waals surface area contributed by atoms with Gasteiger partial charge in [-0.25, -0.2) is 0 Å². The summed E-state index contributed by atoms with van der Waals surface area (Å²) in [7, 11) is 0. The number of hydrogen-bond donors (Lipinski definition) is 0. The molecule has 0 fully saturated rings. The van der Waals surface area contributed by atoms with Gasteiger partial charge in [0.1, 0.15) is 5.78 Å². The quantitative estimate of drug-likeness (QED) is 0.495. The molecule has 2 rings (SSSR count). The molecule has 0 N–H and O–H groups in total. The van der Waals surface area contributed by atoms with E-state index >= 15 is 0 Å². The van der Waals surface area contributed by atoms with Crippen molar-refractivity contribution < 1.29 is 9.59 Å². The molecule has 4 unspecified atom stereocenters. The summed E-state index contributed by atoms with van der Waals surface area (Å²) in [5, 5.41) is 0. The molecule has 0 saturated carbocycles. The number of ketones is 2. The van der Waals surface area contributed by atoms with Crippen LogP contribution in [0.3, 0.4) is 0 Å². The average Bonchev–Trinajstić information content (AvgIpc) is 2.53. The van der Waals surface area contributed by atoms with E-state index < -0.39 is 0 Å². The Morgan fingerprint density at radius 2 is 1.76 bits per heavy atom. The summed E-state index contributed by atoms with van der Waals surface area (Å²) in [6.45, 7) is 12.5. The Balaban J connectivity index is 2.06. The van der Waals surface area contributed by atoms with Crippen LogP contribution in [0.1, 0.15) is 63.4 Å². The van der Waals surface area contributed by atoms with E-state index in [9.17, 15) is 9.59 Å². The minimum absolute atomic E-state index is 0.00479. The number of Topliss-reactive ketones (excluding diaryl/α,β-unsaturated/α-hetero) is 2. The zero-order valence-electron chi connectivity index (χ0n) is 16.5. The second-order valence-electron chi connectivity index (χ2n) is 8.62. The lowest BCUT2D eigenvalue weighted by Crippen LogP contribution is -2.38. The molecule has 4 atom stereocenters. The normalized spacial score (nSPS) is 24.6. The maximum Gasteiger partial charge on any atom is 0.165 e. The Labute approximate surface area is 152 Å². The Kier molecular flexibility index (Phi) is 6.03. The van der Waals surface area contributed by atoms with Crippen LogP contribution < -0.4 is 0 Å². The molecule has 136 valence electrons. The van der Waals surface area contributed by atoms with E-state index in [0.29, 0.717) is 12.2 Å². The van der Waals surface area contributed by atoms with Gasteiger partial charge in [0.2, 0.25) is 0 Å². The maximum atomic E-state index is 13.0. The van der Waals surface area contributed by atoms with Crippen LogP contribution in [0.25, 0.3) is 0 Å². The highest BCUT2D eigenvalue weighted by molar-refractivity contribution is 5.98. The molecule has 1 aromatic rings. The number of aryl methyl sites for hydroxylation is 1. The van der Waals surface area contributed by atoms with E-state index in [2.05, 4.69) is 32.9 Å². The monoisotopic (exact) mass is 340 g/mol. The van der Waals surface area contributed by atoms with Gasteiger partial charge in [0.15, 0.2) is 5.78 Å². The van der Waals surface area contributed by atoms with Crippen LogP contribution in [-0.4, -0.2) is 11.6 Å². The zero-order valence-corrected chi connectivity index (χ0v) is 16.5. The number of carbonyl (C=O) groups is 2. The Bertz CT molecular complexity index is 651. The molecular weight excluding hydrogens is 308 g/mol. The lowest BCUT2D eigenvalue weighted by Gasteiger charge is -2.39. The summed E-state index contributed by atoms with van der Waals surface area (Å²) in [5.74, 6) is 0.654. The maximum absolute atomic E-state index is 13.0. The lowest BCUT2D eigenvalue weighted by atomic mass is 9.64.